The number of aromatic nitrogens is 2. The monoisotopic (exact) mass is 1170 g/mol. The third-order valence-electron chi connectivity index (χ3n) is 16.8. The van der Waals surface area contributed by atoms with E-state index in [1.807, 2.05) is 30.3 Å². The van der Waals surface area contributed by atoms with Crippen molar-refractivity contribution in [2.75, 3.05) is 69.1 Å². The Hall–Kier alpha value is -8.09. The third-order valence-corrected chi connectivity index (χ3v) is 18.3. The Balaban J connectivity index is 0.703. The largest absolute Gasteiger partial charge is 0.455 e. The zero-order chi connectivity index (χ0) is 58.7. The number of fused-ring (bicyclic) bond motifs is 2. The predicted octanol–water partition coefficient (Wildman–Crippen LogP) is 9.54. The van der Waals surface area contributed by atoms with Crippen LogP contribution in [-0.2, 0) is 26.2 Å². The van der Waals surface area contributed by atoms with Gasteiger partial charge < -0.3 is 29.7 Å². The van der Waals surface area contributed by atoms with E-state index in [1.54, 1.807) is 30.5 Å². The van der Waals surface area contributed by atoms with Gasteiger partial charge in [0.15, 0.2) is 0 Å². The number of benzene rings is 4. The van der Waals surface area contributed by atoms with Crippen molar-refractivity contribution in [1.29, 1.82) is 0 Å². The first-order valence-electron chi connectivity index (χ1n) is 28.7. The number of allylic oxidation sites excluding steroid dienone is 1. The number of nitro benzene ring substituents is 1. The number of imide groups is 1. The number of H-pyrrole nitrogens is 1. The van der Waals surface area contributed by atoms with Crippen LogP contribution in [0.2, 0.25) is 5.02 Å². The molecule has 0 bridgehead atoms. The van der Waals surface area contributed by atoms with Crippen molar-refractivity contribution in [2.45, 2.75) is 89.1 Å². The summed E-state index contributed by atoms with van der Waals surface area (Å²) < 4.78 is 36.5. The van der Waals surface area contributed by atoms with Gasteiger partial charge in [-0.2, -0.15) is 0 Å². The maximum atomic E-state index is 14.2. The molecular formula is C63H67ClN10O9S. The summed E-state index contributed by atoms with van der Waals surface area (Å²) in [4.78, 5) is 78.9. The number of aromatic amines is 1. The molecule has 4 N–H and O–H groups in total. The number of hydrogen-bond acceptors (Lipinski definition) is 14. The summed E-state index contributed by atoms with van der Waals surface area (Å²) in [6, 6.07) is 25.2. The van der Waals surface area contributed by atoms with Gasteiger partial charge in [-0.05, 0) is 153 Å². The number of halogens is 1. The van der Waals surface area contributed by atoms with Gasteiger partial charge >= 0.3 is 0 Å². The van der Waals surface area contributed by atoms with Crippen LogP contribution in [0.15, 0.2) is 114 Å². The van der Waals surface area contributed by atoms with Crippen molar-refractivity contribution in [1.82, 2.24) is 34.7 Å². The van der Waals surface area contributed by atoms with Crippen LogP contribution in [0, 0.1) is 33.3 Å². The van der Waals surface area contributed by atoms with Crippen LogP contribution in [0.1, 0.15) is 109 Å². The number of carbonyl (C=O) groups excluding carboxylic acids is 4. The van der Waals surface area contributed by atoms with E-state index >= 15 is 0 Å². The van der Waals surface area contributed by atoms with Crippen LogP contribution < -0.4 is 25.0 Å². The van der Waals surface area contributed by atoms with Crippen molar-refractivity contribution < 1.29 is 37.3 Å². The maximum Gasteiger partial charge on any atom is 0.293 e. The van der Waals surface area contributed by atoms with Crippen LogP contribution in [-0.4, -0.2) is 127 Å². The molecule has 0 saturated carbocycles. The Bertz CT molecular complexity index is 3770. The molecule has 2 unspecified atom stereocenters. The number of carbonyl (C=O) groups is 4. The van der Waals surface area contributed by atoms with Gasteiger partial charge in [0, 0.05) is 111 Å². The number of nitrogens with one attached hydrogen (secondary N) is 4. The Morgan fingerprint density at radius 3 is 2.56 bits per heavy atom. The Kier molecular flexibility index (Phi) is 16.9. The summed E-state index contributed by atoms with van der Waals surface area (Å²) in [5.41, 5.74) is 7.50. The van der Waals surface area contributed by atoms with Crippen molar-refractivity contribution in [2.24, 2.45) is 11.3 Å². The fourth-order valence-electron chi connectivity index (χ4n) is 12.2. The van der Waals surface area contributed by atoms with Crippen LogP contribution >= 0.6 is 11.6 Å². The van der Waals surface area contributed by atoms with Crippen LogP contribution in [0.3, 0.4) is 0 Å². The van der Waals surface area contributed by atoms with E-state index in [4.69, 9.17) is 16.3 Å². The molecule has 436 valence electrons. The molecule has 4 amide bonds. The summed E-state index contributed by atoms with van der Waals surface area (Å²) in [5, 5.41) is 19.5. The number of sulfonamides is 1. The van der Waals surface area contributed by atoms with E-state index in [9.17, 15) is 37.7 Å². The average molecular weight is 1180 g/mol. The summed E-state index contributed by atoms with van der Waals surface area (Å²) >= 11 is 6.27. The fourth-order valence-corrected chi connectivity index (χ4v) is 13.3. The number of hydrogen-bond donors (Lipinski definition) is 4. The minimum absolute atomic E-state index is 0.0586. The first-order chi connectivity index (χ1) is 40.4. The molecule has 4 aromatic carbocycles. The number of unbranched alkanes of at least 4 members (excludes halogenated alkanes) is 1. The van der Waals surface area contributed by atoms with Crippen molar-refractivity contribution >= 4 is 78.9 Å². The number of likely N-dealkylation sites (tertiary alicyclic amines) is 1. The zero-order valence-corrected chi connectivity index (χ0v) is 48.6. The standard InChI is InChI=1S/C63H67ClN10O9S/c1-63(2)23-21-45(53(35-63)43-10-12-47(64)13-11-43)39-71-27-29-72(30-28-71)48-14-17-52(57(33-48)83-49-32-44-22-24-65-59(44)67-37-49)60(76)69-84(81,82)50-15-18-54(56(34-50)74(79)80)66-36-42-8-6-26-70(38-42)25-5-3-4-7-41-9-16-51-46(31-41)40-73(62(51)78)55-19-20-58(75)68-61(55)77/h9-18,22,24,31-34,37,42,55,66H,3,5-6,8,19-21,23,25-30,35-36,38-40H2,1-2H3,(H,65,67)(H,69,76)(H,68,75,77). The molecule has 3 fully saturated rings. The molecule has 84 heavy (non-hydrogen) atoms. The van der Waals surface area contributed by atoms with Gasteiger partial charge in [-0.15, -0.1) is 0 Å². The van der Waals surface area contributed by atoms with E-state index in [-0.39, 0.29) is 53.1 Å². The molecule has 0 radical (unpaired) electrons. The molecule has 1 aliphatic carbocycles. The van der Waals surface area contributed by atoms with E-state index < -0.39 is 43.4 Å². The molecule has 0 spiro atoms. The number of piperazine rings is 1. The number of nitro groups is 1. The topological polar surface area (TPSA) is 233 Å². The average Bonchev–Trinajstić information content (AvgIpc) is 3.81. The van der Waals surface area contributed by atoms with Crippen LogP contribution in [0.4, 0.5) is 17.1 Å². The summed E-state index contributed by atoms with van der Waals surface area (Å²) in [6.07, 6.45) is 10.2. The highest BCUT2D eigenvalue weighted by Gasteiger charge is 2.39. The van der Waals surface area contributed by atoms with Gasteiger partial charge in [-0.25, -0.2) is 18.1 Å². The highest BCUT2D eigenvalue weighted by molar-refractivity contribution is 7.90. The molecular weight excluding hydrogens is 1110 g/mol. The van der Waals surface area contributed by atoms with Crippen molar-refractivity contribution in [3.05, 3.63) is 152 Å². The number of rotatable bonds is 17. The lowest BCUT2D eigenvalue weighted by atomic mass is 9.72. The molecule has 2 aromatic heterocycles. The molecule has 4 aliphatic heterocycles. The predicted molar refractivity (Wildman–Crippen MR) is 321 cm³/mol. The highest BCUT2D eigenvalue weighted by atomic mass is 35.5. The maximum absolute atomic E-state index is 14.2. The second-order valence-electron chi connectivity index (χ2n) is 23.3. The Morgan fingerprint density at radius 2 is 1.76 bits per heavy atom. The molecule has 5 aliphatic rings. The lowest BCUT2D eigenvalue weighted by molar-refractivity contribution is -0.384. The highest BCUT2D eigenvalue weighted by Crippen LogP contribution is 2.44. The molecule has 2 atom stereocenters. The van der Waals surface area contributed by atoms with Gasteiger partial charge in [0.2, 0.25) is 11.8 Å². The SMILES string of the molecule is CC1(C)CCC(CN2CCN(c3ccc(C(=O)NS(=O)(=O)c4ccc(NCC5CCCN(CCCC#Cc6ccc7c(c6)CN(C6CCC(=O)NC6=O)C7=O)C5)c([N+](=O)[O-])c4)c(Oc4cnc5[nH]ccc5c4)c3)CC2)=C(c2ccc(Cl)cc2)C1. The summed E-state index contributed by atoms with van der Waals surface area (Å²) in [7, 11) is -4.64. The number of pyridine rings is 1. The smallest absolute Gasteiger partial charge is 0.293 e. The van der Waals surface area contributed by atoms with E-state index in [0.29, 0.717) is 49.4 Å². The second kappa shape index (κ2) is 24.6. The van der Waals surface area contributed by atoms with Crippen molar-refractivity contribution in [3.63, 3.8) is 0 Å². The van der Waals surface area contributed by atoms with E-state index in [0.717, 1.165) is 111 Å². The number of nitrogens with zero attached hydrogens (tertiary/aromatic N) is 6. The minimum Gasteiger partial charge on any atom is -0.455 e. The molecule has 19 nitrogen and oxygen atoms in total. The first kappa shape index (κ1) is 57.7. The molecule has 21 heteroatoms. The fraction of sp³-hybridized carbons (Fsp3) is 0.381. The van der Waals surface area contributed by atoms with E-state index in [1.165, 1.54) is 46.0 Å². The summed E-state index contributed by atoms with van der Waals surface area (Å²) in [6.45, 7) is 11.7. The molecule has 6 aromatic rings. The Labute approximate surface area is 493 Å². The number of amides is 4. The first-order valence-corrected chi connectivity index (χ1v) is 30.6. The summed E-state index contributed by atoms with van der Waals surface area (Å²) in [5.74, 6) is 5.10. The van der Waals surface area contributed by atoms with Crippen LogP contribution in [0.25, 0.3) is 16.6 Å². The number of anilines is 2. The lowest BCUT2D eigenvalue weighted by Crippen LogP contribution is -2.52. The second-order valence-corrected chi connectivity index (χ2v) is 25.4. The Morgan fingerprint density at radius 1 is 0.940 bits per heavy atom. The number of ether oxygens (including phenoxy) is 1. The third kappa shape index (κ3) is 13.3. The molecule has 3 saturated heterocycles. The van der Waals surface area contributed by atoms with Gasteiger partial charge in [0.25, 0.3) is 27.5 Å². The van der Waals surface area contributed by atoms with Gasteiger partial charge in [0.05, 0.1) is 21.6 Å². The molecule has 6 heterocycles. The van der Waals surface area contributed by atoms with Gasteiger partial charge in [-0.3, -0.25) is 39.5 Å². The minimum atomic E-state index is -4.64. The lowest BCUT2D eigenvalue weighted by Gasteiger charge is -2.39. The van der Waals surface area contributed by atoms with Gasteiger partial charge in [0.1, 0.15) is 28.9 Å². The zero-order valence-electron chi connectivity index (χ0n) is 47.0. The molecule has 11 rings (SSSR count). The van der Waals surface area contributed by atoms with Gasteiger partial charge in [-0.1, -0.05) is 55.0 Å². The number of piperidine rings is 2. The quantitative estimate of drug-likeness (QED) is 0.0219. The van der Waals surface area contributed by atoms with E-state index in [2.05, 4.69) is 77.8 Å². The van der Waals surface area contributed by atoms with Crippen molar-refractivity contribution in [3.8, 4) is 23.3 Å². The van der Waals surface area contributed by atoms with Crippen LogP contribution in [0.5, 0.6) is 11.5 Å². The normalized spacial score (nSPS) is 19.4.